The monoisotopic (exact) mass is 327 g/mol. The van der Waals surface area contributed by atoms with Crippen LogP contribution in [0.1, 0.15) is 28.4 Å². The maximum Gasteiger partial charge on any atom is 0.305 e. The van der Waals surface area contributed by atoms with Crippen molar-refractivity contribution in [2.75, 3.05) is 0 Å². The maximum absolute atomic E-state index is 13.1. The second kappa shape index (κ2) is 6.54. The normalized spacial score (nSPS) is 12.0. The predicted molar refractivity (Wildman–Crippen MR) is 85.1 cm³/mol. The molecule has 2 aromatic carbocycles. The Morgan fingerprint density at radius 2 is 1.83 bits per heavy atom. The SMILES string of the molecule is O=C(O)CC(NC(=O)c1coc2ccccc12)c1ccc(F)cc1. The minimum Gasteiger partial charge on any atom is -0.481 e. The van der Waals surface area contributed by atoms with Crippen LogP contribution in [0, 0.1) is 5.82 Å². The number of carbonyl (C=O) groups is 2. The first kappa shape index (κ1) is 15.7. The highest BCUT2D eigenvalue weighted by Gasteiger charge is 2.21. The molecule has 2 N–H and O–H groups in total. The van der Waals surface area contributed by atoms with E-state index in [0.29, 0.717) is 22.1 Å². The topological polar surface area (TPSA) is 79.5 Å². The number of aliphatic carboxylic acids is 1. The van der Waals surface area contributed by atoms with Crippen LogP contribution in [0.25, 0.3) is 11.0 Å². The van der Waals surface area contributed by atoms with Crippen molar-refractivity contribution in [3.05, 3.63) is 71.7 Å². The molecule has 0 fully saturated rings. The van der Waals surface area contributed by atoms with Crippen molar-refractivity contribution < 1.29 is 23.5 Å². The molecule has 0 bridgehead atoms. The molecule has 1 heterocycles. The highest BCUT2D eigenvalue weighted by atomic mass is 19.1. The largest absolute Gasteiger partial charge is 0.481 e. The summed E-state index contributed by atoms with van der Waals surface area (Å²) in [7, 11) is 0. The average molecular weight is 327 g/mol. The third-order valence-corrected chi connectivity index (χ3v) is 3.68. The van der Waals surface area contributed by atoms with E-state index in [4.69, 9.17) is 9.52 Å². The zero-order valence-electron chi connectivity index (χ0n) is 12.5. The van der Waals surface area contributed by atoms with Gasteiger partial charge in [-0.1, -0.05) is 30.3 Å². The number of benzene rings is 2. The van der Waals surface area contributed by atoms with Crippen molar-refractivity contribution in [3.63, 3.8) is 0 Å². The first-order chi connectivity index (χ1) is 11.5. The fourth-order valence-corrected chi connectivity index (χ4v) is 2.51. The van der Waals surface area contributed by atoms with E-state index in [-0.39, 0.29) is 6.42 Å². The van der Waals surface area contributed by atoms with Crippen LogP contribution in [0.5, 0.6) is 0 Å². The molecule has 1 atom stereocenters. The zero-order valence-corrected chi connectivity index (χ0v) is 12.5. The molecular weight excluding hydrogens is 313 g/mol. The van der Waals surface area contributed by atoms with E-state index in [2.05, 4.69) is 5.32 Å². The lowest BCUT2D eigenvalue weighted by molar-refractivity contribution is -0.137. The van der Waals surface area contributed by atoms with Gasteiger partial charge in [-0.25, -0.2) is 4.39 Å². The molecule has 5 nitrogen and oxygen atoms in total. The second-order valence-electron chi connectivity index (χ2n) is 5.32. The average Bonchev–Trinajstić information content (AvgIpc) is 2.98. The van der Waals surface area contributed by atoms with Gasteiger partial charge in [0.1, 0.15) is 17.7 Å². The Morgan fingerprint density at radius 1 is 1.12 bits per heavy atom. The molecule has 0 radical (unpaired) electrons. The van der Waals surface area contributed by atoms with Gasteiger partial charge in [0.15, 0.2) is 0 Å². The van der Waals surface area contributed by atoms with Crippen LogP contribution in [0.15, 0.2) is 59.2 Å². The van der Waals surface area contributed by atoms with E-state index in [1.165, 1.54) is 30.5 Å². The van der Waals surface area contributed by atoms with Crippen LogP contribution < -0.4 is 5.32 Å². The lowest BCUT2D eigenvalue weighted by Crippen LogP contribution is -2.30. The molecule has 0 spiro atoms. The van der Waals surface area contributed by atoms with E-state index in [1.54, 1.807) is 24.3 Å². The van der Waals surface area contributed by atoms with Crippen LogP contribution in [0.3, 0.4) is 0 Å². The minimum absolute atomic E-state index is 0.312. The maximum atomic E-state index is 13.1. The third-order valence-electron chi connectivity index (χ3n) is 3.68. The Hall–Kier alpha value is -3.15. The summed E-state index contributed by atoms with van der Waals surface area (Å²) in [6.45, 7) is 0. The summed E-state index contributed by atoms with van der Waals surface area (Å²) >= 11 is 0. The summed E-state index contributed by atoms with van der Waals surface area (Å²) in [5.74, 6) is -1.95. The van der Waals surface area contributed by atoms with Crippen molar-refractivity contribution in [3.8, 4) is 0 Å². The van der Waals surface area contributed by atoms with Gasteiger partial charge in [-0.3, -0.25) is 9.59 Å². The first-order valence-corrected chi connectivity index (χ1v) is 7.29. The molecule has 1 unspecified atom stereocenters. The van der Waals surface area contributed by atoms with Crippen molar-refractivity contribution in [1.82, 2.24) is 5.32 Å². The number of carboxylic acid groups (broad SMARTS) is 1. The Morgan fingerprint density at radius 3 is 2.54 bits per heavy atom. The molecule has 0 aliphatic carbocycles. The van der Waals surface area contributed by atoms with Gasteiger partial charge in [0.2, 0.25) is 0 Å². The van der Waals surface area contributed by atoms with E-state index >= 15 is 0 Å². The number of furan rings is 1. The van der Waals surface area contributed by atoms with E-state index in [1.807, 2.05) is 0 Å². The smallest absolute Gasteiger partial charge is 0.305 e. The molecule has 0 saturated heterocycles. The van der Waals surface area contributed by atoms with Gasteiger partial charge in [0, 0.05) is 5.39 Å². The van der Waals surface area contributed by atoms with Crippen LogP contribution in [-0.2, 0) is 4.79 Å². The fourth-order valence-electron chi connectivity index (χ4n) is 2.51. The van der Waals surface area contributed by atoms with Crippen molar-refractivity contribution >= 4 is 22.8 Å². The Balaban J connectivity index is 1.87. The molecule has 3 aromatic rings. The summed E-state index contributed by atoms with van der Waals surface area (Å²) in [4.78, 5) is 23.6. The van der Waals surface area contributed by atoms with Gasteiger partial charge in [-0.2, -0.15) is 0 Å². The molecule has 3 rings (SSSR count). The summed E-state index contributed by atoms with van der Waals surface area (Å²) in [6, 6.07) is 11.6. The molecule has 0 saturated carbocycles. The molecule has 1 amide bonds. The van der Waals surface area contributed by atoms with E-state index in [9.17, 15) is 14.0 Å². The van der Waals surface area contributed by atoms with Crippen LogP contribution in [0.2, 0.25) is 0 Å². The minimum atomic E-state index is -1.07. The second-order valence-corrected chi connectivity index (χ2v) is 5.32. The van der Waals surface area contributed by atoms with Gasteiger partial charge in [0.25, 0.3) is 5.91 Å². The number of amides is 1. The number of hydrogen-bond acceptors (Lipinski definition) is 3. The van der Waals surface area contributed by atoms with Crippen molar-refractivity contribution in [2.45, 2.75) is 12.5 Å². The molecule has 0 aliphatic heterocycles. The van der Waals surface area contributed by atoms with Crippen LogP contribution >= 0.6 is 0 Å². The number of carbonyl (C=O) groups excluding carboxylic acids is 1. The zero-order chi connectivity index (χ0) is 17.1. The number of carboxylic acids is 1. The summed E-state index contributed by atoms with van der Waals surface area (Å²) in [5.41, 5.74) is 1.40. The van der Waals surface area contributed by atoms with Gasteiger partial charge < -0.3 is 14.8 Å². The molecular formula is C18H14FNO4. The molecule has 24 heavy (non-hydrogen) atoms. The highest BCUT2D eigenvalue weighted by Crippen LogP contribution is 2.23. The number of para-hydroxylation sites is 1. The van der Waals surface area contributed by atoms with Gasteiger partial charge in [-0.15, -0.1) is 0 Å². The van der Waals surface area contributed by atoms with Gasteiger partial charge in [0.05, 0.1) is 18.0 Å². The van der Waals surface area contributed by atoms with E-state index < -0.39 is 23.7 Å². The quantitative estimate of drug-likeness (QED) is 0.751. The van der Waals surface area contributed by atoms with Gasteiger partial charge in [-0.05, 0) is 23.8 Å². The van der Waals surface area contributed by atoms with E-state index in [0.717, 1.165) is 0 Å². The lowest BCUT2D eigenvalue weighted by Gasteiger charge is -2.17. The fraction of sp³-hybridized carbons (Fsp3) is 0.111. The predicted octanol–water partition coefficient (Wildman–Crippen LogP) is 3.52. The number of halogens is 1. The molecule has 6 heteroatoms. The number of rotatable bonds is 5. The van der Waals surface area contributed by atoms with Crippen LogP contribution in [0.4, 0.5) is 4.39 Å². The van der Waals surface area contributed by atoms with Crippen LogP contribution in [-0.4, -0.2) is 17.0 Å². The number of hydrogen-bond donors (Lipinski definition) is 2. The third kappa shape index (κ3) is 3.27. The lowest BCUT2D eigenvalue weighted by atomic mass is 10.0. The first-order valence-electron chi connectivity index (χ1n) is 7.29. The molecule has 1 aromatic heterocycles. The van der Waals surface area contributed by atoms with Crippen molar-refractivity contribution in [1.29, 1.82) is 0 Å². The number of fused-ring (bicyclic) bond motifs is 1. The Labute approximate surface area is 136 Å². The van der Waals surface area contributed by atoms with Gasteiger partial charge >= 0.3 is 5.97 Å². The highest BCUT2D eigenvalue weighted by molar-refractivity contribution is 6.06. The molecule has 122 valence electrons. The number of nitrogens with one attached hydrogen (secondary N) is 1. The summed E-state index contributed by atoms with van der Waals surface area (Å²) in [5, 5.41) is 12.4. The standard InChI is InChI=1S/C18H14FNO4/c19-12-7-5-11(6-8-12)15(9-17(21)22)20-18(23)14-10-24-16-4-2-1-3-13(14)16/h1-8,10,15H,9H2,(H,20,23)(H,21,22). The Kier molecular flexibility index (Phi) is 4.29. The summed E-state index contributed by atoms with van der Waals surface area (Å²) < 4.78 is 18.4. The Bertz CT molecular complexity index is 885. The van der Waals surface area contributed by atoms with Crippen molar-refractivity contribution in [2.24, 2.45) is 0 Å². The summed E-state index contributed by atoms with van der Waals surface area (Å²) in [6.07, 6.45) is 1.02. The molecule has 0 aliphatic rings.